The molecule has 1 unspecified atom stereocenters. The SMILES string of the molecule is COC1CCN(CC2CCCCCN2C(=O)COc2ccc(C)cc2)CC1. The molecule has 150 valence electrons. The molecule has 5 heteroatoms. The Balaban J connectivity index is 1.55. The number of likely N-dealkylation sites (tertiary alicyclic amines) is 2. The zero-order valence-corrected chi connectivity index (χ0v) is 16.9. The van der Waals surface area contributed by atoms with Crippen LogP contribution in [-0.4, -0.2) is 67.7 Å². The molecule has 1 aromatic carbocycles. The Labute approximate surface area is 163 Å². The number of carbonyl (C=O) groups excluding carboxylic acids is 1. The fourth-order valence-electron chi connectivity index (χ4n) is 4.18. The van der Waals surface area contributed by atoms with E-state index in [0.29, 0.717) is 12.1 Å². The topological polar surface area (TPSA) is 42.0 Å². The van der Waals surface area contributed by atoms with Gasteiger partial charge in [-0.1, -0.05) is 30.5 Å². The number of amides is 1. The summed E-state index contributed by atoms with van der Waals surface area (Å²) in [6.45, 7) is 6.15. The Morgan fingerprint density at radius 2 is 1.78 bits per heavy atom. The zero-order chi connectivity index (χ0) is 19.1. The maximum atomic E-state index is 12.9. The Morgan fingerprint density at radius 3 is 2.48 bits per heavy atom. The minimum atomic E-state index is 0.120. The molecule has 0 spiro atoms. The van der Waals surface area contributed by atoms with E-state index >= 15 is 0 Å². The van der Waals surface area contributed by atoms with Gasteiger partial charge < -0.3 is 19.3 Å². The van der Waals surface area contributed by atoms with E-state index in [0.717, 1.165) is 57.6 Å². The van der Waals surface area contributed by atoms with Gasteiger partial charge in [0.2, 0.25) is 0 Å². The number of aryl methyl sites for hydroxylation is 1. The second kappa shape index (κ2) is 10.1. The van der Waals surface area contributed by atoms with E-state index in [1.807, 2.05) is 31.2 Å². The van der Waals surface area contributed by atoms with E-state index in [9.17, 15) is 4.79 Å². The summed E-state index contributed by atoms with van der Waals surface area (Å²) in [5.41, 5.74) is 1.19. The lowest BCUT2D eigenvalue weighted by Crippen LogP contribution is -2.50. The zero-order valence-electron chi connectivity index (χ0n) is 16.9. The molecule has 0 aliphatic carbocycles. The predicted octanol–water partition coefficient (Wildman–Crippen LogP) is 3.26. The van der Waals surface area contributed by atoms with Crippen molar-refractivity contribution in [2.45, 2.75) is 57.6 Å². The normalized spacial score (nSPS) is 22.4. The fraction of sp³-hybridized carbons (Fsp3) is 0.682. The van der Waals surface area contributed by atoms with E-state index in [2.05, 4.69) is 9.80 Å². The van der Waals surface area contributed by atoms with Gasteiger partial charge in [-0.05, 0) is 44.7 Å². The molecule has 5 nitrogen and oxygen atoms in total. The average molecular weight is 375 g/mol. The van der Waals surface area contributed by atoms with Gasteiger partial charge in [-0.15, -0.1) is 0 Å². The molecule has 1 atom stereocenters. The van der Waals surface area contributed by atoms with Crippen molar-refractivity contribution in [3.63, 3.8) is 0 Å². The van der Waals surface area contributed by atoms with E-state index in [1.54, 1.807) is 7.11 Å². The van der Waals surface area contributed by atoms with Gasteiger partial charge in [0.25, 0.3) is 5.91 Å². The largest absolute Gasteiger partial charge is 0.484 e. The number of piperidine rings is 1. The number of carbonyl (C=O) groups is 1. The number of benzene rings is 1. The maximum Gasteiger partial charge on any atom is 0.260 e. The summed E-state index contributed by atoms with van der Waals surface area (Å²) < 4.78 is 11.2. The van der Waals surface area contributed by atoms with E-state index in [1.165, 1.54) is 18.4 Å². The minimum absolute atomic E-state index is 0.120. The van der Waals surface area contributed by atoms with Crippen molar-refractivity contribution in [2.24, 2.45) is 0 Å². The van der Waals surface area contributed by atoms with Crippen LogP contribution in [0, 0.1) is 6.92 Å². The van der Waals surface area contributed by atoms with Crippen LogP contribution in [0.4, 0.5) is 0 Å². The number of methoxy groups -OCH3 is 1. The molecule has 2 aliphatic rings. The van der Waals surface area contributed by atoms with Crippen molar-refractivity contribution in [3.8, 4) is 5.75 Å². The Morgan fingerprint density at radius 1 is 1.04 bits per heavy atom. The number of nitrogens with zero attached hydrogens (tertiary/aromatic N) is 2. The third-order valence-corrected chi connectivity index (χ3v) is 5.92. The van der Waals surface area contributed by atoms with Gasteiger partial charge in [0, 0.05) is 39.3 Å². The van der Waals surface area contributed by atoms with Gasteiger partial charge in [-0.3, -0.25) is 4.79 Å². The average Bonchev–Trinajstić information content (AvgIpc) is 2.93. The molecule has 2 saturated heterocycles. The van der Waals surface area contributed by atoms with Crippen LogP contribution in [-0.2, 0) is 9.53 Å². The van der Waals surface area contributed by atoms with Crippen LogP contribution in [0.3, 0.4) is 0 Å². The first-order valence-corrected chi connectivity index (χ1v) is 10.4. The maximum absolute atomic E-state index is 12.9. The summed E-state index contributed by atoms with van der Waals surface area (Å²) in [5.74, 6) is 0.885. The third kappa shape index (κ3) is 5.94. The van der Waals surface area contributed by atoms with E-state index < -0.39 is 0 Å². The summed E-state index contributed by atoms with van der Waals surface area (Å²) in [4.78, 5) is 17.5. The molecular formula is C22H34N2O3. The minimum Gasteiger partial charge on any atom is -0.484 e. The van der Waals surface area contributed by atoms with Crippen LogP contribution in [0.15, 0.2) is 24.3 Å². The fourth-order valence-corrected chi connectivity index (χ4v) is 4.18. The lowest BCUT2D eigenvalue weighted by molar-refractivity contribution is -0.136. The molecule has 2 aliphatic heterocycles. The summed E-state index contributed by atoms with van der Waals surface area (Å²) >= 11 is 0. The molecule has 0 aromatic heterocycles. The Hall–Kier alpha value is -1.59. The molecule has 2 heterocycles. The first kappa shape index (κ1) is 20.2. The lowest BCUT2D eigenvalue weighted by Gasteiger charge is -2.37. The third-order valence-electron chi connectivity index (χ3n) is 5.92. The monoisotopic (exact) mass is 374 g/mol. The first-order valence-electron chi connectivity index (χ1n) is 10.4. The van der Waals surface area contributed by atoms with Crippen molar-refractivity contribution >= 4 is 5.91 Å². The summed E-state index contributed by atoms with van der Waals surface area (Å²) in [5, 5.41) is 0. The molecule has 0 N–H and O–H groups in total. The summed E-state index contributed by atoms with van der Waals surface area (Å²) in [7, 11) is 1.81. The van der Waals surface area contributed by atoms with Crippen molar-refractivity contribution in [3.05, 3.63) is 29.8 Å². The highest BCUT2D eigenvalue weighted by Crippen LogP contribution is 2.21. The summed E-state index contributed by atoms with van der Waals surface area (Å²) in [6.07, 6.45) is 7.20. The highest BCUT2D eigenvalue weighted by atomic mass is 16.5. The van der Waals surface area contributed by atoms with Crippen molar-refractivity contribution in [1.82, 2.24) is 9.80 Å². The number of hydrogen-bond acceptors (Lipinski definition) is 4. The predicted molar refractivity (Wildman–Crippen MR) is 107 cm³/mol. The van der Waals surface area contributed by atoms with Crippen molar-refractivity contribution in [2.75, 3.05) is 39.9 Å². The quantitative estimate of drug-likeness (QED) is 0.766. The standard InChI is InChI=1S/C22H34N2O3/c1-18-7-9-21(10-8-18)27-17-22(25)24-13-5-3-4-6-19(24)16-23-14-11-20(26-2)12-15-23/h7-10,19-20H,3-6,11-17H2,1-2H3. The Kier molecular flexibility index (Phi) is 7.53. The van der Waals surface area contributed by atoms with Crippen LogP contribution in [0.1, 0.15) is 44.1 Å². The van der Waals surface area contributed by atoms with Crippen LogP contribution >= 0.6 is 0 Å². The molecule has 2 fully saturated rings. The molecule has 0 radical (unpaired) electrons. The smallest absolute Gasteiger partial charge is 0.260 e. The molecule has 0 saturated carbocycles. The van der Waals surface area contributed by atoms with Gasteiger partial charge in [0.1, 0.15) is 5.75 Å². The number of rotatable bonds is 6. The Bertz CT molecular complexity index is 582. The molecule has 3 rings (SSSR count). The van der Waals surface area contributed by atoms with Gasteiger partial charge in [-0.25, -0.2) is 0 Å². The van der Waals surface area contributed by atoms with E-state index in [4.69, 9.17) is 9.47 Å². The molecular weight excluding hydrogens is 340 g/mol. The van der Waals surface area contributed by atoms with Gasteiger partial charge >= 0.3 is 0 Å². The van der Waals surface area contributed by atoms with Crippen LogP contribution < -0.4 is 4.74 Å². The lowest BCUT2D eigenvalue weighted by atomic mass is 10.0. The van der Waals surface area contributed by atoms with Gasteiger partial charge in [0.05, 0.1) is 6.10 Å². The highest BCUT2D eigenvalue weighted by molar-refractivity contribution is 5.78. The highest BCUT2D eigenvalue weighted by Gasteiger charge is 2.29. The molecule has 27 heavy (non-hydrogen) atoms. The van der Waals surface area contributed by atoms with Gasteiger partial charge in [-0.2, -0.15) is 0 Å². The number of hydrogen-bond donors (Lipinski definition) is 0. The van der Waals surface area contributed by atoms with Crippen molar-refractivity contribution in [1.29, 1.82) is 0 Å². The van der Waals surface area contributed by atoms with E-state index in [-0.39, 0.29) is 12.5 Å². The molecule has 0 bridgehead atoms. The summed E-state index contributed by atoms with van der Waals surface area (Å²) in [6, 6.07) is 8.20. The number of ether oxygens (including phenoxy) is 2. The second-order valence-corrected chi connectivity index (χ2v) is 7.93. The van der Waals surface area contributed by atoms with Gasteiger partial charge in [0.15, 0.2) is 6.61 Å². The van der Waals surface area contributed by atoms with Crippen molar-refractivity contribution < 1.29 is 14.3 Å². The molecule has 1 aromatic rings. The second-order valence-electron chi connectivity index (χ2n) is 7.93. The van der Waals surface area contributed by atoms with Crippen LogP contribution in [0.25, 0.3) is 0 Å². The van der Waals surface area contributed by atoms with Crippen LogP contribution in [0.5, 0.6) is 5.75 Å². The van der Waals surface area contributed by atoms with Crippen LogP contribution in [0.2, 0.25) is 0 Å². The molecule has 1 amide bonds. The first-order chi connectivity index (χ1) is 13.2.